The second kappa shape index (κ2) is 5.14. The molecule has 0 amide bonds. The molecular formula is C12H9F2NOS. The van der Waals surface area contributed by atoms with Gasteiger partial charge in [-0.25, -0.2) is 8.78 Å². The first-order valence-electron chi connectivity index (χ1n) is 4.88. The molecule has 88 valence electrons. The average molecular weight is 253 g/mol. The summed E-state index contributed by atoms with van der Waals surface area (Å²) in [5.41, 5.74) is 0.549. The van der Waals surface area contributed by atoms with Crippen LogP contribution in [-0.4, -0.2) is 9.19 Å². The van der Waals surface area contributed by atoms with Crippen molar-refractivity contribution in [3.63, 3.8) is 0 Å². The fourth-order valence-electron chi connectivity index (χ4n) is 1.36. The molecule has 0 spiro atoms. The first-order chi connectivity index (χ1) is 8.15. The lowest BCUT2D eigenvalue weighted by Gasteiger charge is -2.02. The van der Waals surface area contributed by atoms with Crippen LogP contribution in [0, 0.1) is 11.6 Å². The molecule has 1 aromatic carbocycles. The Balaban J connectivity index is 2.14. The molecule has 0 radical (unpaired) electrons. The van der Waals surface area contributed by atoms with Crippen LogP contribution in [0.15, 0.2) is 47.6 Å². The Kier molecular flexibility index (Phi) is 3.58. The van der Waals surface area contributed by atoms with Crippen LogP contribution in [0.1, 0.15) is 5.56 Å². The lowest BCUT2D eigenvalue weighted by Crippen LogP contribution is -1.97. The van der Waals surface area contributed by atoms with Crippen molar-refractivity contribution >= 4 is 10.8 Å². The van der Waals surface area contributed by atoms with Gasteiger partial charge in [-0.1, -0.05) is 0 Å². The smallest absolute Gasteiger partial charge is 0.141 e. The van der Waals surface area contributed by atoms with Gasteiger partial charge < -0.3 is 0 Å². The third kappa shape index (κ3) is 3.17. The third-order valence-electron chi connectivity index (χ3n) is 2.14. The van der Waals surface area contributed by atoms with Crippen molar-refractivity contribution < 1.29 is 13.0 Å². The van der Waals surface area contributed by atoms with Crippen LogP contribution in [-0.2, 0) is 16.6 Å². The van der Waals surface area contributed by atoms with E-state index in [1.165, 1.54) is 36.5 Å². The average Bonchev–Trinajstić information content (AvgIpc) is 2.29. The van der Waals surface area contributed by atoms with Crippen LogP contribution < -0.4 is 0 Å². The maximum absolute atomic E-state index is 12.9. The summed E-state index contributed by atoms with van der Waals surface area (Å²) in [5, 5.41) is 0. The fraction of sp³-hybridized carbons (Fsp3) is 0.0833. The van der Waals surface area contributed by atoms with E-state index in [1.807, 2.05) is 0 Å². The molecule has 2 aromatic rings. The molecule has 1 unspecified atom stereocenters. The summed E-state index contributed by atoms with van der Waals surface area (Å²) in [4.78, 5) is 4.19. The maximum atomic E-state index is 12.9. The van der Waals surface area contributed by atoms with Gasteiger partial charge in [0.15, 0.2) is 0 Å². The zero-order chi connectivity index (χ0) is 12.3. The van der Waals surface area contributed by atoms with Crippen molar-refractivity contribution in [2.75, 3.05) is 0 Å². The minimum atomic E-state index is -1.32. The number of halogens is 2. The van der Waals surface area contributed by atoms with Crippen molar-refractivity contribution in [1.82, 2.24) is 4.98 Å². The van der Waals surface area contributed by atoms with Crippen LogP contribution >= 0.6 is 0 Å². The molecule has 0 saturated carbocycles. The predicted octanol–water partition coefficient (Wildman–Crippen LogP) is 2.67. The molecule has 5 heteroatoms. The van der Waals surface area contributed by atoms with E-state index < -0.39 is 16.6 Å². The summed E-state index contributed by atoms with van der Waals surface area (Å²) >= 11 is 0. The molecular weight excluding hydrogens is 244 g/mol. The highest BCUT2D eigenvalue weighted by Gasteiger charge is 2.06. The second-order valence-electron chi connectivity index (χ2n) is 3.46. The van der Waals surface area contributed by atoms with Gasteiger partial charge >= 0.3 is 0 Å². The molecule has 1 aromatic heterocycles. The van der Waals surface area contributed by atoms with E-state index in [0.29, 0.717) is 10.5 Å². The van der Waals surface area contributed by atoms with Crippen LogP contribution in [0.4, 0.5) is 8.78 Å². The molecule has 0 N–H and O–H groups in total. The van der Waals surface area contributed by atoms with Gasteiger partial charge in [0.1, 0.15) is 11.6 Å². The number of pyridine rings is 1. The third-order valence-corrected chi connectivity index (χ3v) is 3.53. The Hall–Kier alpha value is -1.62. The highest BCUT2D eigenvalue weighted by atomic mass is 32.2. The highest BCUT2D eigenvalue weighted by molar-refractivity contribution is 7.84. The minimum absolute atomic E-state index is 0.163. The van der Waals surface area contributed by atoms with E-state index >= 15 is 0 Å². The Morgan fingerprint density at radius 1 is 1.06 bits per heavy atom. The normalized spacial score (nSPS) is 12.4. The SMILES string of the molecule is O=S(Cc1cncc(F)c1)c1ccc(F)cc1. The Bertz CT molecular complexity index is 542. The first-order valence-corrected chi connectivity index (χ1v) is 6.20. The maximum Gasteiger partial charge on any atom is 0.141 e. The number of benzene rings is 1. The van der Waals surface area contributed by atoms with Crippen molar-refractivity contribution in [2.24, 2.45) is 0 Å². The number of nitrogens with zero attached hydrogens (tertiary/aromatic N) is 1. The zero-order valence-corrected chi connectivity index (χ0v) is 9.58. The van der Waals surface area contributed by atoms with E-state index in [2.05, 4.69) is 4.98 Å². The van der Waals surface area contributed by atoms with Gasteiger partial charge in [-0.05, 0) is 35.9 Å². The predicted molar refractivity (Wildman–Crippen MR) is 60.7 cm³/mol. The second-order valence-corrected chi connectivity index (χ2v) is 4.91. The standard InChI is InChI=1S/C12H9F2NOS/c13-10-1-3-12(4-2-10)17(16)8-9-5-11(14)7-15-6-9/h1-7H,8H2. The van der Waals surface area contributed by atoms with E-state index in [9.17, 15) is 13.0 Å². The van der Waals surface area contributed by atoms with Crippen LogP contribution in [0.3, 0.4) is 0 Å². The summed E-state index contributed by atoms with van der Waals surface area (Å²) in [5.74, 6) is -0.673. The molecule has 17 heavy (non-hydrogen) atoms. The largest absolute Gasteiger partial charge is 0.261 e. The van der Waals surface area contributed by atoms with Crippen LogP contribution in [0.5, 0.6) is 0 Å². The van der Waals surface area contributed by atoms with E-state index in [-0.39, 0.29) is 11.6 Å². The van der Waals surface area contributed by atoms with Gasteiger partial charge in [-0.15, -0.1) is 0 Å². The fourth-order valence-corrected chi connectivity index (χ4v) is 2.42. The van der Waals surface area contributed by atoms with Gasteiger partial charge in [0.05, 0.1) is 22.7 Å². The van der Waals surface area contributed by atoms with Crippen molar-refractivity contribution in [1.29, 1.82) is 0 Å². The van der Waals surface area contributed by atoms with Crippen molar-refractivity contribution in [2.45, 2.75) is 10.6 Å². The molecule has 0 bridgehead atoms. The summed E-state index contributed by atoms with van der Waals surface area (Å²) in [7, 11) is -1.32. The Morgan fingerprint density at radius 3 is 2.41 bits per heavy atom. The van der Waals surface area contributed by atoms with Gasteiger partial charge in [0.2, 0.25) is 0 Å². The summed E-state index contributed by atoms with van der Waals surface area (Å²) in [6, 6.07) is 6.69. The Labute approximate surface area is 99.8 Å². The van der Waals surface area contributed by atoms with Gasteiger partial charge in [0, 0.05) is 11.1 Å². The van der Waals surface area contributed by atoms with Crippen molar-refractivity contribution in [3.8, 4) is 0 Å². The van der Waals surface area contributed by atoms with Crippen molar-refractivity contribution in [3.05, 3.63) is 59.9 Å². The first kappa shape index (κ1) is 11.9. The molecule has 2 rings (SSSR count). The molecule has 1 heterocycles. The topological polar surface area (TPSA) is 30.0 Å². The molecule has 1 atom stereocenters. The summed E-state index contributed by atoms with van der Waals surface area (Å²) in [6.07, 6.45) is 2.55. The highest BCUT2D eigenvalue weighted by Crippen LogP contribution is 2.13. The molecule has 0 fully saturated rings. The van der Waals surface area contributed by atoms with Gasteiger partial charge in [-0.2, -0.15) is 0 Å². The summed E-state index contributed by atoms with van der Waals surface area (Å²) in [6.45, 7) is 0. The molecule has 0 aliphatic rings. The lowest BCUT2D eigenvalue weighted by molar-refractivity contribution is 0.619. The monoisotopic (exact) mass is 253 g/mol. The number of rotatable bonds is 3. The van der Waals surface area contributed by atoms with E-state index in [1.54, 1.807) is 0 Å². The number of hydrogen-bond acceptors (Lipinski definition) is 2. The molecule has 0 aliphatic carbocycles. The quantitative estimate of drug-likeness (QED) is 0.841. The van der Waals surface area contributed by atoms with E-state index in [0.717, 1.165) is 6.20 Å². The van der Waals surface area contributed by atoms with E-state index in [4.69, 9.17) is 0 Å². The minimum Gasteiger partial charge on any atom is -0.261 e. The molecule has 0 saturated heterocycles. The zero-order valence-electron chi connectivity index (χ0n) is 8.77. The van der Waals surface area contributed by atoms with Gasteiger partial charge in [-0.3, -0.25) is 9.19 Å². The Morgan fingerprint density at radius 2 is 1.76 bits per heavy atom. The van der Waals surface area contributed by atoms with Crippen LogP contribution in [0.25, 0.3) is 0 Å². The molecule has 0 aliphatic heterocycles. The van der Waals surface area contributed by atoms with Crippen LogP contribution in [0.2, 0.25) is 0 Å². The number of hydrogen-bond donors (Lipinski definition) is 0. The summed E-state index contributed by atoms with van der Waals surface area (Å²) < 4.78 is 37.4. The lowest BCUT2D eigenvalue weighted by atomic mass is 10.3. The number of aromatic nitrogens is 1. The molecule has 2 nitrogen and oxygen atoms in total. The van der Waals surface area contributed by atoms with Gasteiger partial charge in [0.25, 0.3) is 0 Å².